The molecular formula is C20H19N3O4. The van der Waals surface area contributed by atoms with E-state index in [0.29, 0.717) is 35.4 Å². The molecule has 0 bridgehead atoms. The van der Waals surface area contributed by atoms with Crippen molar-refractivity contribution in [2.45, 2.75) is 19.9 Å². The number of ether oxygens (including phenoxy) is 1. The Hall–Kier alpha value is -3.35. The zero-order valence-electron chi connectivity index (χ0n) is 14.9. The average molecular weight is 365 g/mol. The van der Waals surface area contributed by atoms with Crippen molar-refractivity contribution in [2.75, 3.05) is 18.1 Å². The lowest BCUT2D eigenvalue weighted by atomic mass is 9.96. The fourth-order valence-corrected chi connectivity index (χ4v) is 3.49. The highest BCUT2D eigenvalue weighted by molar-refractivity contribution is 5.90. The molecule has 2 aromatic heterocycles. The van der Waals surface area contributed by atoms with Crippen LogP contribution in [0.1, 0.15) is 28.4 Å². The summed E-state index contributed by atoms with van der Waals surface area (Å²) in [5.41, 5.74) is 3.23. The van der Waals surface area contributed by atoms with Gasteiger partial charge in [0.2, 0.25) is 0 Å². The Kier molecular flexibility index (Phi) is 4.27. The van der Waals surface area contributed by atoms with Gasteiger partial charge in [-0.15, -0.1) is 4.73 Å². The second-order valence-electron chi connectivity index (χ2n) is 6.43. The van der Waals surface area contributed by atoms with E-state index >= 15 is 0 Å². The SMILES string of the molecule is CCOC(=O)c1ccc2c(c1)CCN(c1cc(=O)n(O)c3ncccc13)C2. The van der Waals surface area contributed by atoms with E-state index in [1.54, 1.807) is 25.3 Å². The quantitative estimate of drug-likeness (QED) is 0.567. The number of carbonyl (C=O) groups excluding carboxylic acids is 1. The van der Waals surface area contributed by atoms with Crippen LogP contribution in [-0.2, 0) is 17.7 Å². The van der Waals surface area contributed by atoms with Gasteiger partial charge in [-0.25, -0.2) is 9.78 Å². The van der Waals surface area contributed by atoms with E-state index < -0.39 is 5.56 Å². The first-order chi connectivity index (χ1) is 13.1. The number of pyridine rings is 2. The van der Waals surface area contributed by atoms with Crippen LogP contribution in [0, 0.1) is 0 Å². The average Bonchev–Trinajstić information content (AvgIpc) is 2.70. The van der Waals surface area contributed by atoms with Crippen molar-refractivity contribution in [3.8, 4) is 0 Å². The Morgan fingerprint density at radius 1 is 1.26 bits per heavy atom. The predicted molar refractivity (Wildman–Crippen MR) is 100 cm³/mol. The minimum Gasteiger partial charge on any atom is -0.462 e. The van der Waals surface area contributed by atoms with E-state index in [2.05, 4.69) is 9.88 Å². The summed E-state index contributed by atoms with van der Waals surface area (Å²) in [4.78, 5) is 30.3. The summed E-state index contributed by atoms with van der Waals surface area (Å²) >= 11 is 0. The molecule has 0 radical (unpaired) electrons. The monoisotopic (exact) mass is 365 g/mol. The Morgan fingerprint density at radius 3 is 2.93 bits per heavy atom. The van der Waals surface area contributed by atoms with E-state index in [4.69, 9.17) is 4.74 Å². The van der Waals surface area contributed by atoms with Gasteiger partial charge in [0.25, 0.3) is 5.56 Å². The molecule has 0 amide bonds. The number of hydrogen-bond donors (Lipinski definition) is 1. The molecule has 4 rings (SSSR count). The van der Waals surface area contributed by atoms with E-state index in [-0.39, 0.29) is 11.6 Å². The van der Waals surface area contributed by atoms with Crippen molar-refractivity contribution < 1.29 is 14.7 Å². The van der Waals surface area contributed by atoms with Crippen LogP contribution in [-0.4, -0.2) is 34.0 Å². The Labute approximate surface area is 155 Å². The van der Waals surface area contributed by atoms with Crippen LogP contribution in [0.2, 0.25) is 0 Å². The number of carbonyl (C=O) groups is 1. The van der Waals surface area contributed by atoms with E-state index in [0.717, 1.165) is 23.2 Å². The summed E-state index contributed by atoms with van der Waals surface area (Å²) in [5.74, 6) is -0.314. The number of benzene rings is 1. The number of esters is 1. The highest BCUT2D eigenvalue weighted by Crippen LogP contribution is 2.29. The van der Waals surface area contributed by atoms with Crippen LogP contribution in [0.3, 0.4) is 0 Å². The molecule has 1 N–H and O–H groups in total. The highest BCUT2D eigenvalue weighted by atomic mass is 16.5. The zero-order valence-corrected chi connectivity index (χ0v) is 14.9. The predicted octanol–water partition coefficient (Wildman–Crippen LogP) is 2.37. The van der Waals surface area contributed by atoms with Crippen molar-refractivity contribution in [3.63, 3.8) is 0 Å². The van der Waals surface area contributed by atoms with Crippen LogP contribution in [0.15, 0.2) is 47.4 Å². The number of anilines is 1. The maximum Gasteiger partial charge on any atom is 0.338 e. The fourth-order valence-electron chi connectivity index (χ4n) is 3.49. The lowest BCUT2D eigenvalue weighted by Crippen LogP contribution is -2.32. The number of aromatic nitrogens is 2. The van der Waals surface area contributed by atoms with E-state index in [1.807, 2.05) is 18.2 Å². The zero-order chi connectivity index (χ0) is 19.0. The standard InChI is InChI=1S/C20H19N3O4/c1-2-27-20(25)14-5-6-15-12-22(9-7-13(15)10-14)17-11-18(24)23(26)19-16(17)4-3-8-21-19/h3-6,8,10-11,26H,2,7,9,12H2,1H3. The molecule has 1 aromatic carbocycles. The minimum atomic E-state index is -0.514. The lowest BCUT2D eigenvalue weighted by molar-refractivity contribution is 0.0526. The molecule has 0 fully saturated rings. The summed E-state index contributed by atoms with van der Waals surface area (Å²) in [5, 5.41) is 10.7. The Morgan fingerprint density at radius 2 is 2.11 bits per heavy atom. The summed E-state index contributed by atoms with van der Waals surface area (Å²) < 4.78 is 5.64. The smallest absolute Gasteiger partial charge is 0.338 e. The second kappa shape index (κ2) is 6.75. The van der Waals surface area contributed by atoms with Gasteiger partial charge in [-0.1, -0.05) is 6.07 Å². The summed E-state index contributed by atoms with van der Waals surface area (Å²) in [6.45, 7) is 3.43. The van der Waals surface area contributed by atoms with Gasteiger partial charge in [0, 0.05) is 30.7 Å². The molecule has 1 aliphatic heterocycles. The molecule has 0 aliphatic carbocycles. The van der Waals surface area contributed by atoms with Crippen molar-refractivity contribution >= 4 is 22.7 Å². The number of hydrogen-bond acceptors (Lipinski definition) is 6. The van der Waals surface area contributed by atoms with Gasteiger partial charge in [0.1, 0.15) is 0 Å². The molecule has 0 saturated heterocycles. The van der Waals surface area contributed by atoms with Crippen LogP contribution < -0.4 is 10.5 Å². The number of fused-ring (bicyclic) bond motifs is 2. The molecular weight excluding hydrogens is 346 g/mol. The summed E-state index contributed by atoms with van der Waals surface area (Å²) in [6.07, 6.45) is 2.28. The number of nitrogens with zero attached hydrogens (tertiary/aromatic N) is 3. The summed E-state index contributed by atoms with van der Waals surface area (Å²) in [7, 11) is 0. The highest BCUT2D eigenvalue weighted by Gasteiger charge is 2.21. The molecule has 0 saturated carbocycles. The molecule has 0 unspecified atom stereocenters. The third-order valence-electron chi connectivity index (χ3n) is 4.80. The van der Waals surface area contributed by atoms with Crippen molar-refractivity contribution in [3.05, 3.63) is 69.6 Å². The first kappa shape index (κ1) is 17.1. The van der Waals surface area contributed by atoms with Gasteiger partial charge in [-0.3, -0.25) is 4.79 Å². The van der Waals surface area contributed by atoms with Gasteiger partial charge < -0.3 is 14.8 Å². The molecule has 0 spiro atoms. The fraction of sp³-hybridized carbons (Fsp3) is 0.250. The Bertz CT molecular complexity index is 1090. The molecule has 27 heavy (non-hydrogen) atoms. The molecule has 7 heteroatoms. The van der Waals surface area contributed by atoms with E-state index in [1.165, 1.54) is 6.07 Å². The lowest BCUT2D eigenvalue weighted by Gasteiger charge is -2.31. The molecule has 3 aromatic rings. The molecule has 138 valence electrons. The van der Waals surface area contributed by atoms with Gasteiger partial charge in [0.15, 0.2) is 5.65 Å². The first-order valence-electron chi connectivity index (χ1n) is 8.82. The summed E-state index contributed by atoms with van der Waals surface area (Å²) in [6, 6.07) is 10.6. The van der Waals surface area contributed by atoms with Gasteiger partial charge in [-0.2, -0.15) is 0 Å². The molecule has 3 heterocycles. The Balaban J connectivity index is 1.70. The van der Waals surface area contributed by atoms with Gasteiger partial charge in [-0.05, 0) is 48.7 Å². The topological polar surface area (TPSA) is 84.7 Å². The second-order valence-corrected chi connectivity index (χ2v) is 6.43. The van der Waals surface area contributed by atoms with Gasteiger partial charge >= 0.3 is 5.97 Å². The largest absolute Gasteiger partial charge is 0.462 e. The van der Waals surface area contributed by atoms with Crippen LogP contribution in [0.4, 0.5) is 5.69 Å². The van der Waals surface area contributed by atoms with Crippen LogP contribution >= 0.6 is 0 Å². The normalized spacial score (nSPS) is 13.4. The van der Waals surface area contributed by atoms with E-state index in [9.17, 15) is 14.8 Å². The molecule has 1 aliphatic rings. The van der Waals surface area contributed by atoms with Crippen molar-refractivity contribution in [2.24, 2.45) is 0 Å². The van der Waals surface area contributed by atoms with Crippen molar-refractivity contribution in [1.82, 2.24) is 9.71 Å². The minimum absolute atomic E-state index is 0.239. The third-order valence-corrected chi connectivity index (χ3v) is 4.80. The first-order valence-corrected chi connectivity index (χ1v) is 8.82. The molecule has 7 nitrogen and oxygen atoms in total. The van der Waals surface area contributed by atoms with Gasteiger partial charge in [0.05, 0.1) is 17.9 Å². The van der Waals surface area contributed by atoms with Crippen LogP contribution in [0.25, 0.3) is 11.0 Å². The third kappa shape index (κ3) is 3.01. The maximum absolute atomic E-state index is 12.1. The number of rotatable bonds is 3. The maximum atomic E-state index is 12.1. The molecule has 0 atom stereocenters. The van der Waals surface area contributed by atoms with Crippen molar-refractivity contribution in [1.29, 1.82) is 0 Å². The van der Waals surface area contributed by atoms with Crippen LogP contribution in [0.5, 0.6) is 0 Å².